The molecule has 5 heteroatoms. The summed E-state index contributed by atoms with van der Waals surface area (Å²) in [6.07, 6.45) is 5.98. The molecule has 0 N–H and O–H groups in total. The van der Waals surface area contributed by atoms with Gasteiger partial charge in [0, 0.05) is 19.6 Å². The minimum atomic E-state index is -0.835. The summed E-state index contributed by atoms with van der Waals surface area (Å²) < 4.78 is 29.9. The van der Waals surface area contributed by atoms with Gasteiger partial charge in [0.05, 0.1) is 0 Å². The van der Waals surface area contributed by atoms with Gasteiger partial charge in [0.2, 0.25) is 0 Å². The molecule has 3 nitrogen and oxygen atoms in total. The average Bonchev–Trinajstić information content (AvgIpc) is 2.51. The highest BCUT2D eigenvalue weighted by Gasteiger charge is 2.29. The monoisotopic (exact) mass is 328 g/mol. The number of hydrogen-bond acceptors (Lipinski definition) is 3. The van der Waals surface area contributed by atoms with E-state index in [1.807, 2.05) is 19.9 Å². The van der Waals surface area contributed by atoms with Crippen molar-refractivity contribution in [2.75, 3.05) is 13.2 Å². The molecule has 0 saturated carbocycles. The van der Waals surface area contributed by atoms with Crippen LogP contribution < -0.4 is 0 Å². The van der Waals surface area contributed by atoms with Crippen molar-refractivity contribution in [1.29, 1.82) is 0 Å². The quantitative estimate of drug-likeness (QED) is 0.335. The van der Waals surface area contributed by atoms with Gasteiger partial charge in [-0.25, -0.2) is 4.39 Å². The Kier molecular flexibility index (Phi) is 9.55. The van der Waals surface area contributed by atoms with E-state index in [-0.39, 0.29) is 5.82 Å². The normalized spacial score (nSPS) is 12.0. The molecule has 22 heavy (non-hydrogen) atoms. The Morgan fingerprint density at radius 3 is 2.32 bits per heavy atom. The van der Waals surface area contributed by atoms with Crippen LogP contribution in [0.15, 0.2) is 24.3 Å². The maximum Gasteiger partial charge on any atom is 0.272 e. The van der Waals surface area contributed by atoms with E-state index in [4.69, 9.17) is 13.9 Å². The van der Waals surface area contributed by atoms with E-state index in [9.17, 15) is 4.39 Å². The third-order valence-electron chi connectivity index (χ3n) is 3.63. The van der Waals surface area contributed by atoms with Crippen molar-refractivity contribution in [3.8, 4) is 0 Å². The summed E-state index contributed by atoms with van der Waals surface area (Å²) in [6, 6.07) is 6.85. The predicted octanol–water partition coefficient (Wildman–Crippen LogP) is 3.34. The summed E-state index contributed by atoms with van der Waals surface area (Å²) in [6.45, 7) is 5.07. The van der Waals surface area contributed by atoms with Gasteiger partial charge in [-0.05, 0) is 50.8 Å². The molecule has 1 aromatic rings. The van der Waals surface area contributed by atoms with Crippen LogP contribution in [0.3, 0.4) is 0 Å². The van der Waals surface area contributed by atoms with Gasteiger partial charge in [0.15, 0.2) is 10.5 Å². The number of unbranched alkanes of at least 4 members (excludes halogenated alkanes) is 3. The summed E-state index contributed by atoms with van der Waals surface area (Å²) in [5.74, 6) is -0.988. The SMILES string of the molecule is CCOC(CCCCCCc1cccc(F)c1)(O[SiH3])OCC. The molecule has 0 radical (unpaired) electrons. The number of rotatable bonds is 12. The summed E-state index contributed by atoms with van der Waals surface area (Å²) >= 11 is 0. The summed E-state index contributed by atoms with van der Waals surface area (Å²) in [5, 5.41) is 0. The lowest BCUT2D eigenvalue weighted by Gasteiger charge is -2.31. The first kappa shape index (κ1) is 19.3. The molecule has 126 valence electrons. The van der Waals surface area contributed by atoms with Crippen LogP contribution >= 0.6 is 0 Å². The predicted molar refractivity (Wildman–Crippen MR) is 90.2 cm³/mol. The van der Waals surface area contributed by atoms with Crippen LogP contribution in [0.25, 0.3) is 0 Å². The average molecular weight is 329 g/mol. The van der Waals surface area contributed by atoms with Crippen molar-refractivity contribution in [1.82, 2.24) is 0 Å². The molecule has 0 aliphatic carbocycles. The highest BCUT2D eigenvalue weighted by Crippen LogP contribution is 2.23. The van der Waals surface area contributed by atoms with Crippen LogP contribution in [-0.2, 0) is 20.3 Å². The zero-order chi connectivity index (χ0) is 16.3. The largest absolute Gasteiger partial charge is 0.380 e. The topological polar surface area (TPSA) is 27.7 Å². The second kappa shape index (κ2) is 10.9. The second-order valence-electron chi connectivity index (χ2n) is 5.30. The molecule has 0 fully saturated rings. The Balaban J connectivity index is 2.23. The Hall–Kier alpha value is -0.753. The zero-order valence-electron chi connectivity index (χ0n) is 14.1. The fraction of sp³-hybridized carbons (Fsp3) is 0.647. The lowest BCUT2D eigenvalue weighted by atomic mass is 10.0. The smallest absolute Gasteiger partial charge is 0.272 e. The summed E-state index contributed by atoms with van der Waals surface area (Å²) in [7, 11) is 0.591. The number of ether oxygens (including phenoxy) is 2. The first-order valence-electron chi connectivity index (χ1n) is 8.23. The molecule has 0 aromatic heterocycles. The van der Waals surface area contributed by atoms with Gasteiger partial charge in [-0.3, -0.25) is 0 Å². The van der Waals surface area contributed by atoms with Gasteiger partial charge < -0.3 is 13.9 Å². The molecular formula is C17H29FO3Si. The molecule has 0 aliphatic heterocycles. The van der Waals surface area contributed by atoms with Gasteiger partial charge in [0.1, 0.15) is 5.82 Å². The van der Waals surface area contributed by atoms with Crippen molar-refractivity contribution >= 4 is 10.5 Å². The molecule has 0 bridgehead atoms. The molecular weight excluding hydrogens is 299 g/mol. The van der Waals surface area contributed by atoms with E-state index < -0.39 is 5.97 Å². The lowest BCUT2D eigenvalue weighted by molar-refractivity contribution is -0.344. The molecule has 0 heterocycles. The van der Waals surface area contributed by atoms with Crippen LogP contribution in [0.5, 0.6) is 0 Å². The third-order valence-corrected chi connectivity index (χ3v) is 4.25. The fourth-order valence-corrected chi connectivity index (χ4v) is 3.00. The van der Waals surface area contributed by atoms with Crippen molar-refractivity contribution in [2.45, 2.75) is 58.3 Å². The standard InChI is InChI=1S/C17H29FO3Si/c1-3-19-17(21-22,20-4-2)13-8-6-5-7-10-15-11-9-12-16(18)14-15/h9,11-12,14H,3-8,10,13H2,1-2,22H3. The molecule has 0 atom stereocenters. The zero-order valence-corrected chi connectivity index (χ0v) is 16.1. The van der Waals surface area contributed by atoms with Crippen LogP contribution in [0.4, 0.5) is 4.39 Å². The van der Waals surface area contributed by atoms with Crippen molar-refractivity contribution in [3.05, 3.63) is 35.6 Å². The number of hydrogen-bond donors (Lipinski definition) is 0. The summed E-state index contributed by atoms with van der Waals surface area (Å²) in [4.78, 5) is 0. The molecule has 0 saturated heterocycles. The molecule has 1 aromatic carbocycles. The van der Waals surface area contributed by atoms with E-state index in [0.717, 1.165) is 44.1 Å². The number of halogens is 1. The van der Waals surface area contributed by atoms with Gasteiger partial charge in [-0.15, -0.1) is 0 Å². The van der Waals surface area contributed by atoms with E-state index in [2.05, 4.69) is 0 Å². The molecule has 0 amide bonds. The fourth-order valence-electron chi connectivity index (χ4n) is 2.56. The highest BCUT2D eigenvalue weighted by atomic mass is 28.2. The second-order valence-corrected chi connectivity index (χ2v) is 5.71. The first-order chi connectivity index (χ1) is 10.7. The van der Waals surface area contributed by atoms with E-state index in [1.54, 1.807) is 12.1 Å². The van der Waals surface area contributed by atoms with Gasteiger partial charge in [0.25, 0.3) is 5.97 Å². The molecule has 0 unspecified atom stereocenters. The Bertz CT molecular complexity index is 409. The molecule has 0 spiro atoms. The van der Waals surface area contributed by atoms with E-state index >= 15 is 0 Å². The van der Waals surface area contributed by atoms with Crippen molar-refractivity contribution in [3.63, 3.8) is 0 Å². The third kappa shape index (κ3) is 7.00. The van der Waals surface area contributed by atoms with Crippen molar-refractivity contribution < 1.29 is 18.3 Å². The van der Waals surface area contributed by atoms with Crippen LogP contribution in [0.1, 0.15) is 51.5 Å². The Labute approximate surface area is 136 Å². The highest BCUT2D eigenvalue weighted by molar-refractivity contribution is 5.98. The minimum absolute atomic E-state index is 0.153. The lowest BCUT2D eigenvalue weighted by Crippen LogP contribution is -2.38. The number of aryl methyl sites for hydroxylation is 1. The number of benzene rings is 1. The first-order valence-corrected chi connectivity index (χ1v) is 9.05. The van der Waals surface area contributed by atoms with E-state index in [1.165, 1.54) is 6.07 Å². The molecule has 0 aliphatic rings. The maximum atomic E-state index is 13.1. The van der Waals surface area contributed by atoms with Crippen LogP contribution in [0.2, 0.25) is 0 Å². The minimum Gasteiger partial charge on any atom is -0.380 e. The molecule has 1 rings (SSSR count). The Morgan fingerprint density at radius 2 is 1.73 bits per heavy atom. The van der Waals surface area contributed by atoms with Crippen LogP contribution in [0, 0.1) is 5.82 Å². The summed E-state index contributed by atoms with van der Waals surface area (Å²) in [5.41, 5.74) is 1.07. The van der Waals surface area contributed by atoms with Crippen molar-refractivity contribution in [2.24, 2.45) is 0 Å². The Morgan fingerprint density at radius 1 is 1.05 bits per heavy atom. The van der Waals surface area contributed by atoms with Gasteiger partial charge in [-0.1, -0.05) is 25.0 Å². The maximum absolute atomic E-state index is 13.1. The van der Waals surface area contributed by atoms with Crippen LogP contribution in [-0.4, -0.2) is 29.7 Å². The van der Waals surface area contributed by atoms with Gasteiger partial charge >= 0.3 is 0 Å². The van der Waals surface area contributed by atoms with Gasteiger partial charge in [-0.2, -0.15) is 0 Å². The van der Waals surface area contributed by atoms with E-state index in [0.29, 0.717) is 23.7 Å².